The molecule has 3 aromatic rings. The summed E-state index contributed by atoms with van der Waals surface area (Å²) in [5.41, 5.74) is 3.19. The van der Waals surface area contributed by atoms with Crippen molar-refractivity contribution in [3.63, 3.8) is 0 Å². The molecule has 0 unspecified atom stereocenters. The molecule has 4 rings (SSSR count). The fourth-order valence-corrected chi connectivity index (χ4v) is 3.07. The molecule has 0 amide bonds. The van der Waals surface area contributed by atoms with Crippen LogP contribution in [0.2, 0.25) is 0 Å². The van der Waals surface area contributed by atoms with Gasteiger partial charge in [-0.1, -0.05) is 51.2 Å². The summed E-state index contributed by atoms with van der Waals surface area (Å²) >= 11 is 0. The van der Waals surface area contributed by atoms with Gasteiger partial charge >= 0.3 is 0 Å². The third-order valence-electron chi connectivity index (χ3n) is 4.70. The molecule has 5 heteroatoms. The van der Waals surface area contributed by atoms with Crippen LogP contribution in [0.3, 0.4) is 0 Å². The van der Waals surface area contributed by atoms with E-state index in [0.717, 1.165) is 6.92 Å². The average molecular weight is 450 g/mol. The number of benzene rings is 3. The molecule has 0 saturated heterocycles. The number of allylic oxidation sites excluding steroid dienone is 5. The van der Waals surface area contributed by atoms with Crippen LogP contribution < -0.4 is 5.46 Å². The van der Waals surface area contributed by atoms with E-state index in [0.29, 0.717) is 0 Å². The molecule has 0 bridgehead atoms. The Labute approximate surface area is 196 Å². The molecule has 0 saturated carbocycles. The van der Waals surface area contributed by atoms with E-state index in [4.69, 9.17) is 9.22 Å². The highest BCUT2D eigenvalue weighted by Crippen LogP contribution is 2.30. The van der Waals surface area contributed by atoms with E-state index in [1.165, 1.54) is 29.7 Å². The van der Waals surface area contributed by atoms with Crippen molar-refractivity contribution >= 4 is 18.9 Å². The lowest BCUT2D eigenvalue weighted by Gasteiger charge is -2.13. The van der Waals surface area contributed by atoms with Gasteiger partial charge in [0.25, 0.3) is 0 Å². The van der Waals surface area contributed by atoms with E-state index in [9.17, 15) is 17.6 Å². The Bertz CT molecular complexity index is 1010. The van der Waals surface area contributed by atoms with Crippen LogP contribution in [0.4, 0.5) is 17.6 Å². The molecule has 0 atom stereocenters. The Kier molecular flexibility index (Phi) is 9.80. The second-order valence-corrected chi connectivity index (χ2v) is 6.77. The summed E-state index contributed by atoms with van der Waals surface area (Å²) in [6, 6.07) is 21.1. The van der Waals surface area contributed by atoms with Crippen molar-refractivity contribution in [1.82, 2.24) is 0 Å². The lowest BCUT2D eigenvalue weighted by atomic mass is 9.90. The third kappa shape index (κ3) is 6.29. The Morgan fingerprint density at radius 1 is 0.758 bits per heavy atom. The third-order valence-corrected chi connectivity index (χ3v) is 4.70. The Hall–Kier alpha value is -3.47. The lowest BCUT2D eigenvalue weighted by molar-refractivity contribution is 0.454. The minimum Gasteiger partial charge on any atom is -0.572 e. The van der Waals surface area contributed by atoms with Gasteiger partial charge in [0.2, 0.25) is 0 Å². The van der Waals surface area contributed by atoms with Crippen molar-refractivity contribution < 1.29 is 18.9 Å². The highest BCUT2D eigenvalue weighted by atomic mass is 19.2. The first kappa shape index (κ1) is 25.8. The van der Waals surface area contributed by atoms with Gasteiger partial charge in [0.05, 0.1) is 5.57 Å². The van der Waals surface area contributed by atoms with E-state index in [2.05, 4.69) is 91.4 Å². The van der Waals surface area contributed by atoms with Crippen LogP contribution in [-0.4, -0.2) is 7.85 Å². The smallest absolute Gasteiger partial charge is 0.161 e. The first-order valence-corrected chi connectivity index (χ1v) is 9.53. The highest BCUT2D eigenvalue weighted by molar-refractivity contribution is 6.32. The van der Waals surface area contributed by atoms with Gasteiger partial charge in [-0.25, -0.2) is 23.0 Å². The van der Waals surface area contributed by atoms with Gasteiger partial charge in [-0.3, -0.25) is 0 Å². The normalized spacial score (nSPS) is 11.6. The van der Waals surface area contributed by atoms with Crippen LogP contribution in [-0.2, 0) is 0 Å². The fraction of sp³-hybridized carbons (Fsp3) is 0.107. The number of rotatable bonds is 2. The van der Waals surface area contributed by atoms with Gasteiger partial charge in [0.15, 0.2) is 11.6 Å². The zero-order valence-corrected chi connectivity index (χ0v) is 17.7. The van der Waals surface area contributed by atoms with E-state index in [1.54, 1.807) is 0 Å². The van der Waals surface area contributed by atoms with Crippen LogP contribution in [0, 0.1) is 36.6 Å². The summed E-state index contributed by atoms with van der Waals surface area (Å²) < 4.78 is 55.9. The molecule has 33 heavy (non-hydrogen) atoms. The molecule has 169 valence electrons. The molecule has 0 nitrogen and oxygen atoms in total. The minimum absolute atomic E-state index is 0. The van der Waals surface area contributed by atoms with E-state index in [-0.39, 0.29) is 7.43 Å². The van der Waals surface area contributed by atoms with Gasteiger partial charge in [-0.15, -0.1) is 0 Å². The predicted octanol–water partition coefficient (Wildman–Crippen LogP) is 7.44. The van der Waals surface area contributed by atoms with Crippen LogP contribution in [0.5, 0.6) is 0 Å². The predicted molar refractivity (Wildman–Crippen MR) is 131 cm³/mol. The SMILES string of the molecule is C.C1=C[CH+]C(=C(c2ccccc2)c2ccccc2)C=C1.[2H]C.[B-]c1c(F)c(F)c(C)c(F)c1F. The molecule has 0 heterocycles. The summed E-state index contributed by atoms with van der Waals surface area (Å²) in [6.45, 7) is 0.927. The zero-order valence-electron chi connectivity index (χ0n) is 18.7. The van der Waals surface area contributed by atoms with Gasteiger partial charge in [-0.2, -0.15) is 0 Å². The van der Waals surface area contributed by atoms with Crippen LogP contribution in [0.15, 0.2) is 90.5 Å². The van der Waals surface area contributed by atoms with Crippen LogP contribution in [0.1, 0.15) is 32.9 Å². The molecule has 0 aliphatic heterocycles. The maximum Gasteiger partial charge on any atom is 0.161 e. The first-order valence-electron chi connectivity index (χ1n) is 10.5. The van der Waals surface area contributed by atoms with Gasteiger partial charge < -0.3 is 7.85 Å². The summed E-state index contributed by atoms with van der Waals surface area (Å²) in [4.78, 5) is 0. The molecular weight excluding hydrogens is 423 g/mol. The van der Waals surface area contributed by atoms with Crippen molar-refractivity contribution in [2.45, 2.75) is 21.8 Å². The Balaban J connectivity index is 0.000000336. The summed E-state index contributed by atoms with van der Waals surface area (Å²) in [7, 11) is 5.97. The molecule has 0 aromatic heterocycles. The van der Waals surface area contributed by atoms with E-state index < -0.39 is 34.3 Å². The topological polar surface area (TPSA) is 0 Å². The maximum absolute atomic E-state index is 12.6. The molecule has 0 spiro atoms. The largest absolute Gasteiger partial charge is 0.572 e. The highest BCUT2D eigenvalue weighted by Gasteiger charge is 2.17. The van der Waals surface area contributed by atoms with Crippen molar-refractivity contribution in [1.29, 1.82) is 0 Å². The van der Waals surface area contributed by atoms with Crippen LogP contribution >= 0.6 is 0 Å². The quantitative estimate of drug-likeness (QED) is 0.165. The van der Waals surface area contributed by atoms with E-state index >= 15 is 0 Å². The van der Waals surface area contributed by atoms with Crippen molar-refractivity contribution in [2.75, 3.05) is 0 Å². The minimum atomic E-state index is -1.55. The second-order valence-electron chi connectivity index (χ2n) is 6.77. The van der Waals surface area contributed by atoms with Crippen molar-refractivity contribution in [3.8, 4) is 0 Å². The van der Waals surface area contributed by atoms with E-state index in [1.807, 2.05) is 0 Å². The lowest BCUT2D eigenvalue weighted by Crippen LogP contribution is -2.19. The molecule has 0 N–H and O–H groups in total. The summed E-state index contributed by atoms with van der Waals surface area (Å²) in [5, 5.41) is 0. The summed E-state index contributed by atoms with van der Waals surface area (Å²) in [5.74, 6) is -6.00. The second kappa shape index (κ2) is 12.5. The Morgan fingerprint density at radius 3 is 1.61 bits per heavy atom. The molecular formula is C28H26BF4. The molecule has 0 fully saturated rings. The zero-order chi connectivity index (χ0) is 24.4. The van der Waals surface area contributed by atoms with Crippen molar-refractivity contribution in [2.24, 2.45) is 0 Å². The molecule has 1 aliphatic carbocycles. The maximum atomic E-state index is 12.6. The molecule has 3 radical (unpaired) electrons. The first-order chi connectivity index (χ1) is 15.9. The number of hydrogen-bond acceptors (Lipinski definition) is 0. The van der Waals surface area contributed by atoms with Crippen LogP contribution in [0.25, 0.3) is 5.57 Å². The molecule has 1 aliphatic rings. The van der Waals surface area contributed by atoms with Crippen molar-refractivity contribution in [3.05, 3.63) is 137 Å². The fourth-order valence-electron chi connectivity index (χ4n) is 3.07. The summed E-state index contributed by atoms with van der Waals surface area (Å²) in [6.07, 6.45) is 10.5. The molecule has 3 aromatic carbocycles. The number of hydrogen-bond donors (Lipinski definition) is 0. The van der Waals surface area contributed by atoms with Gasteiger partial charge in [-0.05, 0) is 31.2 Å². The van der Waals surface area contributed by atoms with Gasteiger partial charge in [0.1, 0.15) is 17.2 Å². The number of halogens is 4. The Morgan fingerprint density at radius 2 is 1.21 bits per heavy atom. The standard InChI is InChI=1S/C19H15.C7H3BF4.2CH4/c1-4-10-16(11-5-1)19(17-12-6-2-7-13-17)18-14-8-3-9-15-18;1-2-4(9)6(11)3(8)7(12)5(2)10;;/h1-15H;1H3;2*1H4/q+1;-1;;/i;;1D;. The monoisotopic (exact) mass is 450 g/mol. The average Bonchev–Trinajstić information content (AvgIpc) is 2.89. The van der Waals surface area contributed by atoms with Gasteiger partial charge in [0, 0.05) is 48.8 Å².